The Hall–Kier alpha value is -1.62. The largest absolute Gasteiger partial charge is 0.398 e. The average molecular weight is 278 g/mol. The number of nitrogens with two attached hydrogens (primary N) is 1. The molecule has 0 radical (unpaired) electrons. The average Bonchev–Trinajstić information content (AvgIpc) is 2.97. The van der Waals surface area contributed by atoms with Gasteiger partial charge in [0.15, 0.2) is 5.82 Å². The molecule has 5 nitrogen and oxygen atoms in total. The van der Waals surface area contributed by atoms with Gasteiger partial charge in [-0.1, -0.05) is 24.9 Å². The highest BCUT2D eigenvalue weighted by Crippen LogP contribution is 2.47. The van der Waals surface area contributed by atoms with Crippen LogP contribution in [0.2, 0.25) is 5.02 Å². The van der Waals surface area contributed by atoms with E-state index < -0.39 is 0 Å². The van der Waals surface area contributed by atoms with E-state index in [4.69, 9.17) is 17.3 Å². The van der Waals surface area contributed by atoms with E-state index in [1.807, 2.05) is 16.8 Å². The highest BCUT2D eigenvalue weighted by Gasteiger charge is 2.40. The van der Waals surface area contributed by atoms with Crippen molar-refractivity contribution >= 4 is 17.3 Å². The van der Waals surface area contributed by atoms with Crippen LogP contribution in [-0.4, -0.2) is 20.2 Å². The summed E-state index contributed by atoms with van der Waals surface area (Å²) in [5.74, 6) is 1.43. The fourth-order valence-corrected chi connectivity index (χ4v) is 2.72. The molecular weight excluding hydrogens is 262 g/mol. The van der Waals surface area contributed by atoms with Crippen molar-refractivity contribution in [3.8, 4) is 11.4 Å². The second-order valence-corrected chi connectivity index (χ2v) is 5.47. The normalized spacial score (nSPS) is 21.6. The van der Waals surface area contributed by atoms with Crippen LogP contribution in [-0.2, 0) is 0 Å². The molecule has 1 saturated carbocycles. The fourth-order valence-electron chi connectivity index (χ4n) is 2.54. The summed E-state index contributed by atoms with van der Waals surface area (Å²) < 4.78 is 1.90. The maximum absolute atomic E-state index is 6.00. The topological polar surface area (TPSA) is 69.6 Å². The van der Waals surface area contributed by atoms with E-state index in [1.165, 1.54) is 12.8 Å². The molecule has 2 atom stereocenters. The fraction of sp³-hybridized carbons (Fsp3) is 0.462. The Labute approximate surface area is 116 Å². The zero-order valence-electron chi connectivity index (χ0n) is 10.8. The maximum Gasteiger partial charge on any atom is 0.184 e. The van der Waals surface area contributed by atoms with Gasteiger partial charge in [-0.15, -0.1) is 5.10 Å². The van der Waals surface area contributed by atoms with Crippen LogP contribution >= 0.6 is 11.6 Å². The molecule has 0 saturated heterocycles. The zero-order chi connectivity index (χ0) is 13.4. The van der Waals surface area contributed by atoms with Gasteiger partial charge >= 0.3 is 0 Å². The summed E-state index contributed by atoms with van der Waals surface area (Å²) in [6, 6.07) is 5.83. The summed E-state index contributed by atoms with van der Waals surface area (Å²) in [6.07, 6.45) is 3.57. The van der Waals surface area contributed by atoms with E-state index >= 15 is 0 Å². The standard InChI is InChI=1S/C13H16ClN5/c1-2-3-8-6-12(8)19-13(16-17-18-19)10-5-4-9(14)7-11(10)15/h4-5,7-8,12H,2-3,6,15H2,1H3. The molecule has 6 heteroatoms. The van der Waals surface area contributed by atoms with Crippen LogP contribution < -0.4 is 5.73 Å². The van der Waals surface area contributed by atoms with Gasteiger partial charge in [0.05, 0.1) is 6.04 Å². The molecule has 0 amide bonds. The zero-order valence-corrected chi connectivity index (χ0v) is 11.5. The highest BCUT2D eigenvalue weighted by atomic mass is 35.5. The molecule has 0 spiro atoms. The Balaban J connectivity index is 1.92. The molecule has 3 rings (SSSR count). The molecule has 2 aromatic rings. The third-order valence-electron chi connectivity index (χ3n) is 3.61. The number of nitrogens with zero attached hydrogens (tertiary/aromatic N) is 4. The van der Waals surface area contributed by atoms with Gasteiger partial charge < -0.3 is 5.73 Å². The number of nitrogen functional groups attached to an aromatic ring is 1. The minimum Gasteiger partial charge on any atom is -0.398 e. The minimum atomic E-state index is 0.417. The second-order valence-electron chi connectivity index (χ2n) is 5.03. The van der Waals surface area contributed by atoms with E-state index in [2.05, 4.69) is 22.4 Å². The molecule has 1 aliphatic carbocycles. The van der Waals surface area contributed by atoms with Crippen molar-refractivity contribution in [2.24, 2.45) is 5.92 Å². The van der Waals surface area contributed by atoms with Crippen LogP contribution in [0.15, 0.2) is 18.2 Å². The van der Waals surface area contributed by atoms with Crippen LogP contribution in [0.4, 0.5) is 5.69 Å². The lowest BCUT2D eigenvalue weighted by molar-refractivity contribution is 0.548. The lowest BCUT2D eigenvalue weighted by Crippen LogP contribution is -2.03. The van der Waals surface area contributed by atoms with Crippen LogP contribution in [0, 0.1) is 5.92 Å². The summed E-state index contributed by atoms with van der Waals surface area (Å²) in [7, 11) is 0. The molecule has 0 bridgehead atoms. The Morgan fingerprint density at radius 1 is 1.47 bits per heavy atom. The molecule has 1 fully saturated rings. The van der Waals surface area contributed by atoms with E-state index in [1.54, 1.807) is 6.07 Å². The van der Waals surface area contributed by atoms with Gasteiger partial charge in [0.2, 0.25) is 0 Å². The van der Waals surface area contributed by atoms with Crippen LogP contribution in [0.25, 0.3) is 11.4 Å². The SMILES string of the molecule is CCCC1CC1n1nnnc1-c1ccc(Cl)cc1N. The Bertz CT molecular complexity index is 594. The van der Waals surface area contributed by atoms with Crippen LogP contribution in [0.3, 0.4) is 0 Å². The number of halogens is 1. The van der Waals surface area contributed by atoms with Gasteiger partial charge in [0.1, 0.15) is 0 Å². The Morgan fingerprint density at radius 3 is 3.05 bits per heavy atom. The predicted octanol–water partition coefficient (Wildman–Crippen LogP) is 2.94. The molecule has 1 aromatic carbocycles. The summed E-state index contributed by atoms with van der Waals surface area (Å²) in [6.45, 7) is 2.20. The Morgan fingerprint density at radius 2 is 2.32 bits per heavy atom. The first kappa shape index (κ1) is 12.4. The van der Waals surface area contributed by atoms with Crippen molar-refractivity contribution in [1.82, 2.24) is 20.2 Å². The van der Waals surface area contributed by atoms with E-state index in [0.717, 1.165) is 17.8 Å². The Kier molecular flexibility index (Phi) is 3.14. The number of tetrazole rings is 1. The third-order valence-corrected chi connectivity index (χ3v) is 3.84. The van der Waals surface area contributed by atoms with Gasteiger partial charge in [0.25, 0.3) is 0 Å². The maximum atomic E-state index is 6.00. The third kappa shape index (κ3) is 2.30. The van der Waals surface area contributed by atoms with Crippen molar-refractivity contribution in [2.75, 3.05) is 5.73 Å². The summed E-state index contributed by atoms with van der Waals surface area (Å²) in [4.78, 5) is 0. The van der Waals surface area contributed by atoms with Crippen molar-refractivity contribution in [2.45, 2.75) is 32.2 Å². The number of hydrogen-bond acceptors (Lipinski definition) is 4. The number of aromatic nitrogens is 4. The summed E-state index contributed by atoms with van der Waals surface area (Å²) in [5, 5.41) is 12.6. The molecule has 2 unspecified atom stereocenters. The molecule has 1 heterocycles. The van der Waals surface area contributed by atoms with Gasteiger partial charge in [-0.2, -0.15) is 0 Å². The summed E-state index contributed by atoms with van der Waals surface area (Å²) in [5.41, 5.74) is 7.45. The monoisotopic (exact) mass is 277 g/mol. The van der Waals surface area contributed by atoms with Crippen LogP contribution in [0.5, 0.6) is 0 Å². The molecule has 1 aliphatic rings. The predicted molar refractivity (Wildman–Crippen MR) is 74.7 cm³/mol. The number of anilines is 1. The first-order valence-corrected chi connectivity index (χ1v) is 6.91. The molecule has 19 heavy (non-hydrogen) atoms. The molecular formula is C13H16ClN5. The van der Waals surface area contributed by atoms with Gasteiger partial charge in [-0.05, 0) is 47.4 Å². The second kappa shape index (κ2) is 4.81. The quantitative estimate of drug-likeness (QED) is 0.873. The van der Waals surface area contributed by atoms with Crippen molar-refractivity contribution in [3.63, 3.8) is 0 Å². The minimum absolute atomic E-state index is 0.417. The van der Waals surface area contributed by atoms with E-state index in [-0.39, 0.29) is 0 Å². The summed E-state index contributed by atoms with van der Waals surface area (Å²) >= 11 is 5.92. The molecule has 1 aromatic heterocycles. The number of benzene rings is 1. The van der Waals surface area contributed by atoms with Crippen molar-refractivity contribution in [3.05, 3.63) is 23.2 Å². The number of rotatable bonds is 4. The van der Waals surface area contributed by atoms with Gasteiger partial charge in [-0.25, -0.2) is 4.68 Å². The lowest BCUT2D eigenvalue weighted by atomic mass is 10.1. The van der Waals surface area contributed by atoms with Crippen molar-refractivity contribution in [1.29, 1.82) is 0 Å². The molecule has 0 aliphatic heterocycles. The van der Waals surface area contributed by atoms with Gasteiger partial charge in [0, 0.05) is 16.3 Å². The first-order valence-electron chi connectivity index (χ1n) is 6.54. The lowest BCUT2D eigenvalue weighted by Gasteiger charge is -2.07. The molecule has 2 N–H and O–H groups in total. The first-order chi connectivity index (χ1) is 9.20. The van der Waals surface area contributed by atoms with E-state index in [0.29, 0.717) is 22.7 Å². The van der Waals surface area contributed by atoms with Crippen LogP contribution in [0.1, 0.15) is 32.2 Å². The highest BCUT2D eigenvalue weighted by molar-refractivity contribution is 6.31. The van der Waals surface area contributed by atoms with Gasteiger partial charge in [-0.3, -0.25) is 0 Å². The van der Waals surface area contributed by atoms with Crippen molar-refractivity contribution < 1.29 is 0 Å². The molecule has 100 valence electrons. The number of hydrogen-bond donors (Lipinski definition) is 1. The van der Waals surface area contributed by atoms with E-state index in [9.17, 15) is 0 Å². The smallest absolute Gasteiger partial charge is 0.184 e.